The van der Waals surface area contributed by atoms with Crippen molar-refractivity contribution in [1.82, 2.24) is 0 Å². The zero-order chi connectivity index (χ0) is 21.5. The van der Waals surface area contributed by atoms with E-state index >= 15 is 0 Å². The van der Waals surface area contributed by atoms with Gasteiger partial charge in [0, 0.05) is 15.7 Å². The number of ether oxygens (including phenoxy) is 3. The summed E-state index contributed by atoms with van der Waals surface area (Å²) < 4.78 is 16.5. The smallest absolute Gasteiger partial charge is 0.339 e. The van der Waals surface area contributed by atoms with E-state index in [0.29, 0.717) is 15.7 Å². The van der Waals surface area contributed by atoms with Crippen molar-refractivity contribution in [3.05, 3.63) is 51.0 Å². The van der Waals surface area contributed by atoms with Crippen LogP contribution in [0.2, 0.25) is 0 Å². The zero-order valence-electron chi connectivity index (χ0n) is 16.4. The molecule has 2 aliphatic rings. The number of hydrogen-bond acceptors (Lipinski definition) is 8. The normalized spacial score (nSPS) is 20.6. The Balaban J connectivity index is 2.39. The molecule has 2 heterocycles. The van der Waals surface area contributed by atoms with Gasteiger partial charge in [-0.25, -0.2) is 14.4 Å². The number of carbonyl (C=O) groups is 3. The monoisotopic (exact) mass is 464 g/mol. The Labute approximate surface area is 176 Å². The molecule has 0 bridgehead atoms. The van der Waals surface area contributed by atoms with Crippen molar-refractivity contribution in [3.8, 4) is 0 Å². The quantitative estimate of drug-likeness (QED) is 0.515. The molecule has 8 nitrogen and oxygen atoms in total. The van der Waals surface area contributed by atoms with Gasteiger partial charge in [-0.1, -0.05) is 15.9 Å². The molecule has 0 saturated heterocycles. The molecule has 1 aromatic carbocycles. The van der Waals surface area contributed by atoms with Crippen LogP contribution in [0.15, 0.2) is 45.4 Å². The SMILES string of the molecule is CCOC(=O)C1=C(C)OC(=O)[C@]12C(C(=O)OC(C)C)=C(N)Nc1ccc(Br)cc12. The van der Waals surface area contributed by atoms with Gasteiger partial charge in [0.1, 0.15) is 22.7 Å². The van der Waals surface area contributed by atoms with Crippen molar-refractivity contribution in [2.75, 3.05) is 11.9 Å². The lowest BCUT2D eigenvalue weighted by molar-refractivity contribution is -0.149. The third-order valence-electron chi connectivity index (χ3n) is 4.60. The average Bonchev–Trinajstić information content (AvgIpc) is 2.86. The maximum atomic E-state index is 13.3. The Hall–Kier alpha value is -2.81. The van der Waals surface area contributed by atoms with Gasteiger partial charge in [0.05, 0.1) is 12.7 Å². The van der Waals surface area contributed by atoms with Crippen molar-refractivity contribution < 1.29 is 28.6 Å². The number of halogens is 1. The predicted molar refractivity (Wildman–Crippen MR) is 107 cm³/mol. The number of carbonyl (C=O) groups excluding carboxylic acids is 3. The molecule has 1 spiro atoms. The van der Waals surface area contributed by atoms with Gasteiger partial charge in [0.25, 0.3) is 0 Å². The molecule has 3 rings (SSSR count). The number of rotatable bonds is 4. The van der Waals surface area contributed by atoms with Crippen LogP contribution in [0.1, 0.15) is 33.3 Å². The molecule has 0 aliphatic carbocycles. The molecule has 2 aliphatic heterocycles. The van der Waals surface area contributed by atoms with Crippen molar-refractivity contribution in [2.24, 2.45) is 5.73 Å². The third-order valence-corrected chi connectivity index (χ3v) is 5.10. The molecule has 1 atom stereocenters. The molecule has 154 valence electrons. The van der Waals surface area contributed by atoms with Crippen LogP contribution in [0.25, 0.3) is 0 Å². The lowest BCUT2D eigenvalue weighted by Gasteiger charge is -2.36. The fraction of sp³-hybridized carbons (Fsp3) is 0.350. The van der Waals surface area contributed by atoms with E-state index in [1.807, 2.05) is 0 Å². The number of nitrogens with two attached hydrogens (primary N) is 1. The summed E-state index contributed by atoms with van der Waals surface area (Å²) in [6.45, 7) is 6.53. The Morgan fingerprint density at radius 3 is 2.59 bits per heavy atom. The van der Waals surface area contributed by atoms with Gasteiger partial charge in [0.15, 0.2) is 5.41 Å². The second kappa shape index (κ2) is 7.55. The molecule has 0 amide bonds. The lowest BCUT2D eigenvalue weighted by atomic mass is 9.67. The molecule has 3 N–H and O–H groups in total. The van der Waals surface area contributed by atoms with Gasteiger partial charge in [-0.15, -0.1) is 0 Å². The number of fused-ring (bicyclic) bond motifs is 2. The van der Waals surface area contributed by atoms with E-state index in [-0.39, 0.29) is 29.3 Å². The topological polar surface area (TPSA) is 117 Å². The van der Waals surface area contributed by atoms with E-state index in [1.54, 1.807) is 39.0 Å². The number of nitrogens with one attached hydrogen (secondary N) is 1. The van der Waals surface area contributed by atoms with Gasteiger partial charge in [-0.05, 0) is 45.9 Å². The molecule has 1 aromatic rings. The van der Waals surface area contributed by atoms with Gasteiger partial charge in [-0.3, -0.25) is 0 Å². The minimum absolute atomic E-state index is 0.0453. The van der Waals surface area contributed by atoms with Crippen molar-refractivity contribution >= 4 is 39.5 Å². The largest absolute Gasteiger partial charge is 0.462 e. The van der Waals surface area contributed by atoms with Crippen molar-refractivity contribution in [3.63, 3.8) is 0 Å². The number of benzene rings is 1. The first-order chi connectivity index (χ1) is 13.6. The van der Waals surface area contributed by atoms with E-state index in [4.69, 9.17) is 19.9 Å². The van der Waals surface area contributed by atoms with E-state index in [1.165, 1.54) is 6.92 Å². The highest BCUT2D eigenvalue weighted by atomic mass is 79.9. The highest BCUT2D eigenvalue weighted by Gasteiger charge is 2.63. The standard InChI is InChI=1S/C20H21BrN2O6/c1-5-27-17(24)14-10(4)29-19(26)20(14)12-8-11(21)6-7-13(12)23-16(22)15(20)18(25)28-9(2)3/h6-9,23H,5,22H2,1-4H3/t20-/m0/s1. The molecule has 29 heavy (non-hydrogen) atoms. The number of allylic oxidation sites excluding steroid dienone is 1. The summed E-state index contributed by atoms with van der Waals surface area (Å²) in [5.74, 6) is -2.48. The first kappa shape index (κ1) is 20.9. The highest BCUT2D eigenvalue weighted by molar-refractivity contribution is 9.10. The summed E-state index contributed by atoms with van der Waals surface area (Å²) >= 11 is 3.38. The van der Waals surface area contributed by atoms with Crippen LogP contribution in [-0.2, 0) is 34.0 Å². The molecule has 0 fully saturated rings. The zero-order valence-corrected chi connectivity index (χ0v) is 18.0. The van der Waals surface area contributed by atoms with E-state index < -0.39 is 29.4 Å². The number of esters is 3. The second-order valence-electron chi connectivity index (χ2n) is 6.85. The summed E-state index contributed by atoms with van der Waals surface area (Å²) in [5, 5.41) is 2.92. The highest BCUT2D eigenvalue weighted by Crippen LogP contribution is 2.53. The Morgan fingerprint density at radius 2 is 1.97 bits per heavy atom. The maximum absolute atomic E-state index is 13.3. The predicted octanol–water partition coefficient (Wildman–Crippen LogP) is 2.63. The molecule has 9 heteroatoms. The van der Waals surface area contributed by atoms with Crippen molar-refractivity contribution in [2.45, 2.75) is 39.2 Å². The molecule has 0 radical (unpaired) electrons. The van der Waals surface area contributed by atoms with E-state index in [9.17, 15) is 14.4 Å². The minimum Gasteiger partial charge on any atom is -0.462 e. The van der Waals surface area contributed by atoms with Gasteiger partial charge in [0.2, 0.25) is 0 Å². The molecule has 0 saturated carbocycles. The summed E-state index contributed by atoms with van der Waals surface area (Å²) in [7, 11) is 0. The number of anilines is 1. The summed E-state index contributed by atoms with van der Waals surface area (Å²) in [5.41, 5.74) is 4.77. The maximum Gasteiger partial charge on any atom is 0.339 e. The summed E-state index contributed by atoms with van der Waals surface area (Å²) in [6.07, 6.45) is -0.475. The fourth-order valence-corrected chi connectivity index (χ4v) is 3.98. The summed E-state index contributed by atoms with van der Waals surface area (Å²) in [4.78, 5) is 39.3. The van der Waals surface area contributed by atoms with Crippen LogP contribution < -0.4 is 11.1 Å². The van der Waals surface area contributed by atoms with Crippen LogP contribution in [0.3, 0.4) is 0 Å². The second-order valence-corrected chi connectivity index (χ2v) is 7.76. The molecule has 0 aromatic heterocycles. The Kier molecular flexibility index (Phi) is 5.44. The molecule has 0 unspecified atom stereocenters. The minimum atomic E-state index is -1.91. The third kappa shape index (κ3) is 3.19. The van der Waals surface area contributed by atoms with Crippen LogP contribution in [0, 0.1) is 0 Å². The first-order valence-corrected chi connectivity index (χ1v) is 9.82. The lowest BCUT2D eigenvalue weighted by Crippen LogP contribution is -2.48. The van der Waals surface area contributed by atoms with Gasteiger partial charge < -0.3 is 25.3 Å². The van der Waals surface area contributed by atoms with E-state index in [0.717, 1.165) is 0 Å². The summed E-state index contributed by atoms with van der Waals surface area (Å²) in [6, 6.07) is 5.06. The molecular formula is C20H21BrN2O6. The number of hydrogen-bond donors (Lipinski definition) is 2. The van der Waals surface area contributed by atoms with Gasteiger partial charge in [-0.2, -0.15) is 0 Å². The molecular weight excluding hydrogens is 444 g/mol. The van der Waals surface area contributed by atoms with E-state index in [2.05, 4.69) is 21.2 Å². The van der Waals surface area contributed by atoms with Crippen LogP contribution >= 0.6 is 15.9 Å². The Morgan fingerprint density at radius 1 is 1.28 bits per heavy atom. The van der Waals surface area contributed by atoms with Crippen LogP contribution in [0.5, 0.6) is 0 Å². The fourth-order valence-electron chi connectivity index (χ4n) is 3.62. The van der Waals surface area contributed by atoms with Crippen molar-refractivity contribution in [1.29, 1.82) is 0 Å². The Bertz CT molecular complexity index is 981. The van der Waals surface area contributed by atoms with Crippen LogP contribution in [-0.4, -0.2) is 30.6 Å². The average molecular weight is 465 g/mol. The number of cyclic esters (lactones) is 1. The van der Waals surface area contributed by atoms with Crippen LogP contribution in [0.4, 0.5) is 5.69 Å². The van der Waals surface area contributed by atoms with Gasteiger partial charge >= 0.3 is 17.9 Å². The first-order valence-electron chi connectivity index (χ1n) is 9.03.